The van der Waals surface area contributed by atoms with Gasteiger partial charge in [-0.15, -0.1) is 0 Å². The standard InChI is InChI=1S/C11H9IN2O2/c12-9-5-13-11(14-6-9)16-10-4-2-1-3-8(10)7-15/h1-6,15H,7H2. The van der Waals surface area contributed by atoms with Crippen LogP contribution in [0.25, 0.3) is 0 Å². The van der Waals surface area contributed by atoms with Gasteiger partial charge in [0.15, 0.2) is 0 Å². The fourth-order valence-corrected chi connectivity index (χ4v) is 1.46. The highest BCUT2D eigenvalue weighted by molar-refractivity contribution is 14.1. The Morgan fingerprint density at radius 1 is 1.19 bits per heavy atom. The number of para-hydroxylation sites is 1. The monoisotopic (exact) mass is 328 g/mol. The second-order valence-electron chi connectivity index (χ2n) is 3.05. The summed E-state index contributed by atoms with van der Waals surface area (Å²) in [5.74, 6) is 0.575. The van der Waals surface area contributed by atoms with Crippen LogP contribution in [0.3, 0.4) is 0 Å². The van der Waals surface area contributed by atoms with E-state index in [1.165, 1.54) is 0 Å². The third-order valence-corrected chi connectivity index (χ3v) is 2.50. The molecule has 0 saturated heterocycles. The Balaban J connectivity index is 2.23. The molecule has 0 saturated carbocycles. The Labute approximate surface area is 106 Å². The summed E-state index contributed by atoms with van der Waals surface area (Å²) in [6.07, 6.45) is 3.34. The molecule has 2 aromatic rings. The van der Waals surface area contributed by atoms with E-state index in [9.17, 15) is 0 Å². The number of ether oxygens (including phenoxy) is 1. The van der Waals surface area contributed by atoms with E-state index in [2.05, 4.69) is 32.6 Å². The van der Waals surface area contributed by atoms with Gasteiger partial charge in [0.05, 0.1) is 6.61 Å². The van der Waals surface area contributed by atoms with Gasteiger partial charge in [-0.05, 0) is 28.7 Å². The summed E-state index contributed by atoms with van der Waals surface area (Å²) in [6, 6.07) is 7.52. The van der Waals surface area contributed by atoms with Gasteiger partial charge in [-0.3, -0.25) is 0 Å². The minimum atomic E-state index is -0.0689. The first-order valence-electron chi connectivity index (χ1n) is 4.64. The molecule has 0 unspecified atom stereocenters. The molecule has 0 bridgehead atoms. The number of aliphatic hydroxyl groups excluding tert-OH is 1. The molecule has 0 atom stereocenters. The molecule has 0 aliphatic heterocycles. The van der Waals surface area contributed by atoms with E-state index in [0.29, 0.717) is 11.3 Å². The molecule has 0 spiro atoms. The first-order valence-corrected chi connectivity index (χ1v) is 5.71. The molecule has 0 fully saturated rings. The van der Waals surface area contributed by atoms with Crippen molar-refractivity contribution in [2.45, 2.75) is 6.61 Å². The molecule has 82 valence electrons. The van der Waals surface area contributed by atoms with Gasteiger partial charge in [-0.25, -0.2) is 9.97 Å². The van der Waals surface area contributed by atoms with Crippen LogP contribution >= 0.6 is 22.6 Å². The zero-order valence-corrected chi connectivity index (χ0v) is 10.5. The molecule has 1 aromatic heterocycles. The molecule has 0 radical (unpaired) electrons. The van der Waals surface area contributed by atoms with Crippen molar-refractivity contribution in [2.24, 2.45) is 0 Å². The second-order valence-corrected chi connectivity index (χ2v) is 4.30. The zero-order valence-electron chi connectivity index (χ0n) is 8.30. The van der Waals surface area contributed by atoms with Gasteiger partial charge in [0.2, 0.25) is 0 Å². The molecule has 1 aromatic carbocycles. The lowest BCUT2D eigenvalue weighted by Gasteiger charge is -2.07. The number of halogens is 1. The predicted octanol–water partition coefficient (Wildman–Crippen LogP) is 2.37. The van der Waals surface area contributed by atoms with Gasteiger partial charge in [0, 0.05) is 21.5 Å². The molecule has 1 N–H and O–H groups in total. The molecule has 5 heteroatoms. The highest BCUT2D eigenvalue weighted by atomic mass is 127. The van der Waals surface area contributed by atoms with Crippen molar-refractivity contribution in [1.29, 1.82) is 0 Å². The van der Waals surface area contributed by atoms with Crippen LogP contribution in [0.2, 0.25) is 0 Å². The highest BCUT2D eigenvalue weighted by Gasteiger charge is 2.04. The van der Waals surface area contributed by atoms with Crippen LogP contribution in [0.15, 0.2) is 36.7 Å². The Morgan fingerprint density at radius 3 is 2.56 bits per heavy atom. The Hall–Kier alpha value is -1.21. The fourth-order valence-electron chi connectivity index (χ4n) is 1.19. The third-order valence-electron chi connectivity index (χ3n) is 1.94. The third kappa shape index (κ3) is 2.67. The lowest BCUT2D eigenvalue weighted by Crippen LogP contribution is -1.95. The first-order chi connectivity index (χ1) is 7.79. The normalized spacial score (nSPS) is 10.1. The van der Waals surface area contributed by atoms with Gasteiger partial charge < -0.3 is 9.84 Å². The molecular formula is C11H9IN2O2. The summed E-state index contributed by atoms with van der Waals surface area (Å²) >= 11 is 2.12. The van der Waals surface area contributed by atoms with Crippen molar-refractivity contribution in [3.63, 3.8) is 0 Å². The number of aromatic nitrogens is 2. The molecule has 16 heavy (non-hydrogen) atoms. The first kappa shape index (κ1) is 11.3. The van der Waals surface area contributed by atoms with E-state index in [1.54, 1.807) is 24.5 Å². The quantitative estimate of drug-likeness (QED) is 0.879. The lowest BCUT2D eigenvalue weighted by atomic mass is 10.2. The molecular weight excluding hydrogens is 319 g/mol. The van der Waals surface area contributed by atoms with E-state index >= 15 is 0 Å². The highest BCUT2D eigenvalue weighted by Crippen LogP contribution is 2.22. The molecule has 4 nitrogen and oxygen atoms in total. The van der Waals surface area contributed by atoms with Crippen molar-refractivity contribution in [3.8, 4) is 11.8 Å². The summed E-state index contributed by atoms with van der Waals surface area (Å²) in [6.45, 7) is -0.0689. The second kappa shape index (κ2) is 5.22. The zero-order chi connectivity index (χ0) is 11.4. The van der Waals surface area contributed by atoms with Crippen LogP contribution in [0, 0.1) is 3.57 Å². The van der Waals surface area contributed by atoms with Gasteiger partial charge >= 0.3 is 6.01 Å². The summed E-state index contributed by atoms with van der Waals surface area (Å²) < 4.78 is 6.41. The SMILES string of the molecule is OCc1ccccc1Oc1ncc(I)cn1. The van der Waals surface area contributed by atoms with Crippen molar-refractivity contribution in [2.75, 3.05) is 0 Å². The maximum atomic E-state index is 9.12. The number of hydrogen-bond acceptors (Lipinski definition) is 4. The number of rotatable bonds is 3. The van der Waals surface area contributed by atoms with Gasteiger partial charge in [-0.1, -0.05) is 18.2 Å². The van der Waals surface area contributed by atoms with E-state index in [-0.39, 0.29) is 12.6 Å². The number of hydrogen-bond donors (Lipinski definition) is 1. The van der Waals surface area contributed by atoms with Crippen LogP contribution in [0.5, 0.6) is 11.8 Å². The average molecular weight is 328 g/mol. The lowest BCUT2D eigenvalue weighted by molar-refractivity contribution is 0.275. The van der Waals surface area contributed by atoms with Gasteiger partial charge in [-0.2, -0.15) is 0 Å². The van der Waals surface area contributed by atoms with E-state index < -0.39 is 0 Å². The number of nitrogens with zero attached hydrogens (tertiary/aromatic N) is 2. The minimum Gasteiger partial charge on any atom is -0.424 e. The Morgan fingerprint density at radius 2 is 1.88 bits per heavy atom. The number of benzene rings is 1. The predicted molar refractivity (Wildman–Crippen MR) is 67.2 cm³/mol. The molecule has 0 amide bonds. The van der Waals surface area contributed by atoms with Crippen molar-refractivity contribution in [3.05, 3.63) is 45.8 Å². The van der Waals surface area contributed by atoms with Crippen molar-refractivity contribution < 1.29 is 9.84 Å². The molecule has 2 rings (SSSR count). The van der Waals surface area contributed by atoms with Crippen molar-refractivity contribution in [1.82, 2.24) is 9.97 Å². The maximum Gasteiger partial charge on any atom is 0.321 e. The molecule has 0 aliphatic rings. The largest absolute Gasteiger partial charge is 0.424 e. The minimum absolute atomic E-state index is 0.0689. The van der Waals surface area contributed by atoms with E-state index in [4.69, 9.17) is 9.84 Å². The van der Waals surface area contributed by atoms with E-state index in [1.807, 2.05) is 12.1 Å². The van der Waals surface area contributed by atoms with Crippen LogP contribution in [0.1, 0.15) is 5.56 Å². The van der Waals surface area contributed by atoms with Crippen LogP contribution < -0.4 is 4.74 Å². The number of aliphatic hydroxyl groups is 1. The Kier molecular flexibility index (Phi) is 3.68. The summed E-state index contributed by atoms with van der Waals surface area (Å²) in [5, 5.41) is 9.12. The fraction of sp³-hybridized carbons (Fsp3) is 0.0909. The van der Waals surface area contributed by atoms with Crippen LogP contribution in [-0.4, -0.2) is 15.1 Å². The molecule has 1 heterocycles. The summed E-state index contributed by atoms with van der Waals surface area (Å²) in [7, 11) is 0. The van der Waals surface area contributed by atoms with Crippen LogP contribution in [-0.2, 0) is 6.61 Å². The topological polar surface area (TPSA) is 55.2 Å². The average Bonchev–Trinajstić information content (AvgIpc) is 2.33. The molecule has 0 aliphatic carbocycles. The maximum absolute atomic E-state index is 9.12. The van der Waals surface area contributed by atoms with Gasteiger partial charge in [0.1, 0.15) is 5.75 Å². The van der Waals surface area contributed by atoms with E-state index in [0.717, 1.165) is 3.57 Å². The summed E-state index contributed by atoms with van der Waals surface area (Å²) in [4.78, 5) is 8.05. The summed E-state index contributed by atoms with van der Waals surface area (Å²) in [5.41, 5.74) is 0.713. The van der Waals surface area contributed by atoms with Crippen LogP contribution in [0.4, 0.5) is 0 Å². The van der Waals surface area contributed by atoms with Crippen molar-refractivity contribution >= 4 is 22.6 Å². The smallest absolute Gasteiger partial charge is 0.321 e. The van der Waals surface area contributed by atoms with Gasteiger partial charge in [0.25, 0.3) is 0 Å². The Bertz CT molecular complexity index is 474.